The van der Waals surface area contributed by atoms with E-state index in [0.717, 1.165) is 29.1 Å². The van der Waals surface area contributed by atoms with Crippen LogP contribution in [-0.2, 0) is 0 Å². The molecule has 0 fully saturated rings. The number of nitrogens with zero attached hydrogens (tertiary/aromatic N) is 1. The van der Waals surface area contributed by atoms with E-state index in [1.54, 1.807) is 6.07 Å². The monoisotopic (exact) mass is 320 g/mol. The van der Waals surface area contributed by atoms with Gasteiger partial charge in [0.2, 0.25) is 0 Å². The van der Waals surface area contributed by atoms with E-state index < -0.39 is 0 Å². The van der Waals surface area contributed by atoms with Crippen molar-refractivity contribution in [3.05, 3.63) is 42.1 Å². The number of carbonyl (C=O) groups is 1. The van der Waals surface area contributed by atoms with Gasteiger partial charge >= 0.3 is 0 Å². The Morgan fingerprint density at radius 1 is 1.32 bits per heavy atom. The zero-order valence-corrected chi connectivity index (χ0v) is 12.5. The van der Waals surface area contributed by atoms with Gasteiger partial charge in [-0.25, -0.2) is 4.98 Å². The Hall–Kier alpha value is -1.42. The molecule has 2 rings (SSSR count). The maximum absolute atomic E-state index is 12.1. The summed E-state index contributed by atoms with van der Waals surface area (Å²) in [7, 11) is 0. The minimum Gasteiger partial charge on any atom is -0.348 e. The number of nitrogens with one attached hydrogen (secondary N) is 1. The van der Waals surface area contributed by atoms with Crippen molar-refractivity contribution in [1.29, 1.82) is 0 Å². The smallest absolute Gasteiger partial charge is 0.270 e. The summed E-state index contributed by atoms with van der Waals surface area (Å²) in [5.41, 5.74) is 1.33. The minimum atomic E-state index is -0.0986. The first kappa shape index (κ1) is 14.0. The molecule has 4 heteroatoms. The number of halogens is 1. The molecule has 2 aromatic rings. The predicted molar refractivity (Wildman–Crippen MR) is 81.7 cm³/mol. The van der Waals surface area contributed by atoms with Gasteiger partial charge in [0.25, 0.3) is 5.91 Å². The Morgan fingerprint density at radius 3 is 2.84 bits per heavy atom. The van der Waals surface area contributed by atoms with Crippen molar-refractivity contribution in [1.82, 2.24) is 10.3 Å². The Balaban J connectivity index is 2.16. The van der Waals surface area contributed by atoms with Gasteiger partial charge in [-0.2, -0.15) is 0 Å². The lowest BCUT2D eigenvalue weighted by atomic mass is 10.1. The van der Waals surface area contributed by atoms with E-state index in [4.69, 9.17) is 0 Å². The van der Waals surface area contributed by atoms with Gasteiger partial charge in [-0.1, -0.05) is 47.1 Å². The van der Waals surface area contributed by atoms with E-state index in [0.29, 0.717) is 5.69 Å². The molecule has 3 nitrogen and oxygen atoms in total. The third kappa shape index (κ3) is 3.53. The molecule has 1 aromatic carbocycles. The minimum absolute atomic E-state index is 0.0986. The highest BCUT2D eigenvalue weighted by Crippen LogP contribution is 2.12. The SMILES string of the molecule is CCC(CCBr)NC(=O)c1ccc2ccccc2n1. The highest BCUT2D eigenvalue weighted by Gasteiger charge is 2.13. The van der Waals surface area contributed by atoms with Crippen LogP contribution in [0.5, 0.6) is 0 Å². The maximum Gasteiger partial charge on any atom is 0.270 e. The summed E-state index contributed by atoms with van der Waals surface area (Å²) in [5, 5.41) is 4.95. The lowest BCUT2D eigenvalue weighted by Crippen LogP contribution is -2.35. The van der Waals surface area contributed by atoms with Crippen LogP contribution in [-0.4, -0.2) is 22.3 Å². The molecule has 1 heterocycles. The van der Waals surface area contributed by atoms with Crippen LogP contribution in [0.25, 0.3) is 10.9 Å². The highest BCUT2D eigenvalue weighted by molar-refractivity contribution is 9.09. The molecule has 1 unspecified atom stereocenters. The van der Waals surface area contributed by atoms with Gasteiger partial charge in [-0.05, 0) is 25.0 Å². The molecule has 0 radical (unpaired) electrons. The van der Waals surface area contributed by atoms with E-state index in [1.807, 2.05) is 30.3 Å². The molecular weight excluding hydrogens is 304 g/mol. The molecule has 0 saturated carbocycles. The van der Waals surface area contributed by atoms with Crippen molar-refractivity contribution in [3.63, 3.8) is 0 Å². The topological polar surface area (TPSA) is 42.0 Å². The van der Waals surface area contributed by atoms with Crippen molar-refractivity contribution in [2.75, 3.05) is 5.33 Å². The predicted octanol–water partition coefficient (Wildman–Crippen LogP) is 3.53. The molecule has 0 saturated heterocycles. The van der Waals surface area contributed by atoms with Crippen LogP contribution >= 0.6 is 15.9 Å². The summed E-state index contributed by atoms with van der Waals surface area (Å²) in [5.74, 6) is -0.0986. The van der Waals surface area contributed by atoms with E-state index >= 15 is 0 Å². The normalized spacial score (nSPS) is 12.3. The van der Waals surface area contributed by atoms with Crippen LogP contribution in [0.15, 0.2) is 36.4 Å². The molecule has 0 aliphatic carbocycles. The summed E-state index contributed by atoms with van der Waals surface area (Å²) in [6, 6.07) is 11.7. The standard InChI is InChI=1S/C15H17BrN2O/c1-2-12(9-10-16)17-15(19)14-8-7-11-5-3-4-6-13(11)18-14/h3-8,12H,2,9-10H2,1H3,(H,17,19). The van der Waals surface area contributed by atoms with E-state index in [2.05, 4.69) is 33.2 Å². The second-order valence-electron chi connectivity index (χ2n) is 4.45. The molecular formula is C15H17BrN2O. The number of amides is 1. The number of rotatable bonds is 5. The zero-order valence-electron chi connectivity index (χ0n) is 10.9. The molecule has 1 aromatic heterocycles. The van der Waals surface area contributed by atoms with Gasteiger partial charge in [-0.15, -0.1) is 0 Å². The summed E-state index contributed by atoms with van der Waals surface area (Å²) in [4.78, 5) is 16.5. The van der Waals surface area contributed by atoms with Crippen molar-refractivity contribution >= 4 is 32.7 Å². The van der Waals surface area contributed by atoms with E-state index in [1.165, 1.54) is 0 Å². The molecule has 1 atom stereocenters. The number of hydrogen-bond donors (Lipinski definition) is 1. The Labute approximate surface area is 121 Å². The third-order valence-corrected chi connectivity index (χ3v) is 3.57. The van der Waals surface area contributed by atoms with Crippen molar-refractivity contribution in [2.45, 2.75) is 25.8 Å². The van der Waals surface area contributed by atoms with Crippen molar-refractivity contribution in [3.8, 4) is 0 Å². The summed E-state index contributed by atoms with van der Waals surface area (Å²) in [6.45, 7) is 2.07. The first-order valence-corrected chi connectivity index (χ1v) is 7.59. The number of pyridine rings is 1. The Bertz CT molecular complexity index is 571. The molecule has 0 aliphatic rings. The number of carbonyl (C=O) groups excluding carboxylic acids is 1. The Morgan fingerprint density at radius 2 is 2.11 bits per heavy atom. The largest absolute Gasteiger partial charge is 0.348 e. The summed E-state index contributed by atoms with van der Waals surface area (Å²) in [6.07, 6.45) is 1.85. The molecule has 0 aliphatic heterocycles. The average molecular weight is 321 g/mol. The van der Waals surface area contributed by atoms with E-state index in [9.17, 15) is 4.79 Å². The second kappa shape index (κ2) is 6.66. The molecule has 19 heavy (non-hydrogen) atoms. The van der Waals surface area contributed by atoms with Gasteiger partial charge < -0.3 is 5.32 Å². The molecule has 1 amide bonds. The molecule has 0 spiro atoms. The van der Waals surface area contributed by atoms with Crippen molar-refractivity contribution in [2.24, 2.45) is 0 Å². The van der Waals surface area contributed by atoms with Gasteiger partial charge in [-0.3, -0.25) is 4.79 Å². The average Bonchev–Trinajstić information content (AvgIpc) is 2.46. The van der Waals surface area contributed by atoms with Crippen LogP contribution < -0.4 is 5.32 Å². The second-order valence-corrected chi connectivity index (χ2v) is 5.24. The number of benzene rings is 1. The molecule has 1 N–H and O–H groups in total. The lowest BCUT2D eigenvalue weighted by molar-refractivity contribution is 0.0930. The first-order chi connectivity index (χ1) is 9.24. The van der Waals surface area contributed by atoms with Gasteiger partial charge in [0.1, 0.15) is 5.69 Å². The van der Waals surface area contributed by atoms with Crippen LogP contribution in [0, 0.1) is 0 Å². The number of hydrogen-bond acceptors (Lipinski definition) is 2. The fraction of sp³-hybridized carbons (Fsp3) is 0.333. The zero-order chi connectivity index (χ0) is 13.7. The fourth-order valence-electron chi connectivity index (χ4n) is 1.96. The number of alkyl halides is 1. The number of aromatic nitrogens is 1. The first-order valence-electron chi connectivity index (χ1n) is 6.47. The fourth-order valence-corrected chi connectivity index (χ4v) is 2.51. The maximum atomic E-state index is 12.1. The van der Waals surface area contributed by atoms with Crippen LogP contribution in [0.2, 0.25) is 0 Å². The molecule has 0 bridgehead atoms. The van der Waals surface area contributed by atoms with Gasteiger partial charge in [0, 0.05) is 16.8 Å². The highest BCUT2D eigenvalue weighted by atomic mass is 79.9. The van der Waals surface area contributed by atoms with Gasteiger partial charge in [0.15, 0.2) is 0 Å². The van der Waals surface area contributed by atoms with Crippen LogP contribution in [0.4, 0.5) is 0 Å². The Kier molecular flexibility index (Phi) is 4.91. The van der Waals surface area contributed by atoms with E-state index in [-0.39, 0.29) is 11.9 Å². The van der Waals surface area contributed by atoms with Gasteiger partial charge in [0.05, 0.1) is 5.52 Å². The lowest BCUT2D eigenvalue weighted by Gasteiger charge is -2.15. The molecule has 100 valence electrons. The number of fused-ring (bicyclic) bond motifs is 1. The quantitative estimate of drug-likeness (QED) is 0.856. The third-order valence-electron chi connectivity index (χ3n) is 3.12. The van der Waals surface area contributed by atoms with Crippen LogP contribution in [0.3, 0.4) is 0 Å². The van der Waals surface area contributed by atoms with Crippen LogP contribution in [0.1, 0.15) is 30.3 Å². The van der Waals surface area contributed by atoms with Crippen molar-refractivity contribution < 1.29 is 4.79 Å². The summed E-state index contributed by atoms with van der Waals surface area (Å²) >= 11 is 3.40. The number of para-hydroxylation sites is 1. The summed E-state index contributed by atoms with van der Waals surface area (Å²) < 4.78 is 0.